The highest BCUT2D eigenvalue weighted by Gasteiger charge is 2.38. The molecule has 1 aliphatic rings. The minimum Gasteiger partial charge on any atom is -0.340 e. The van der Waals surface area contributed by atoms with Gasteiger partial charge in [-0.05, 0) is 55.6 Å². The van der Waals surface area contributed by atoms with Crippen LogP contribution >= 0.6 is 0 Å². The van der Waals surface area contributed by atoms with Crippen LogP contribution < -0.4 is 4.90 Å². The zero-order valence-electron chi connectivity index (χ0n) is 20.1. The number of likely N-dealkylation sites (N-methyl/N-ethyl adjacent to an activating group) is 3. The number of hydrogen-bond donors (Lipinski definition) is 0. The average molecular weight is 455 g/mol. The Morgan fingerprint density at radius 1 is 0.853 bits per heavy atom. The van der Waals surface area contributed by atoms with Crippen molar-refractivity contribution < 1.29 is 9.59 Å². The highest BCUT2D eigenvalue weighted by atomic mass is 16.2. The van der Waals surface area contributed by atoms with Gasteiger partial charge in [0.05, 0.1) is 11.4 Å². The first-order valence-electron chi connectivity index (χ1n) is 11.4. The molecule has 0 bridgehead atoms. The van der Waals surface area contributed by atoms with Gasteiger partial charge < -0.3 is 14.7 Å². The molecule has 34 heavy (non-hydrogen) atoms. The maximum absolute atomic E-state index is 13.3. The minimum atomic E-state index is -0.484. The van der Waals surface area contributed by atoms with Crippen molar-refractivity contribution in [3.63, 3.8) is 0 Å². The zero-order chi connectivity index (χ0) is 24.2. The van der Waals surface area contributed by atoms with Crippen molar-refractivity contribution >= 4 is 28.9 Å². The van der Waals surface area contributed by atoms with Gasteiger partial charge in [0.2, 0.25) is 5.91 Å². The first kappa shape index (κ1) is 23.4. The van der Waals surface area contributed by atoms with Crippen molar-refractivity contribution in [1.29, 1.82) is 0 Å². The number of fused-ring (bicyclic) bond motifs is 1. The van der Waals surface area contributed by atoms with Crippen LogP contribution in [0, 0.1) is 0 Å². The van der Waals surface area contributed by atoms with Gasteiger partial charge in [-0.1, -0.05) is 48.5 Å². The molecule has 174 valence electrons. The first-order valence-corrected chi connectivity index (χ1v) is 11.4. The van der Waals surface area contributed by atoms with Gasteiger partial charge in [-0.2, -0.15) is 0 Å². The summed E-state index contributed by atoms with van der Waals surface area (Å²) in [5.41, 5.74) is 4.77. The molecule has 1 heterocycles. The topological polar surface area (TPSA) is 56.2 Å². The van der Waals surface area contributed by atoms with Crippen molar-refractivity contribution in [3.05, 3.63) is 95.6 Å². The molecule has 1 unspecified atom stereocenters. The van der Waals surface area contributed by atoms with E-state index in [0.717, 1.165) is 23.4 Å². The first-order chi connectivity index (χ1) is 16.4. The summed E-state index contributed by atoms with van der Waals surface area (Å²) in [4.78, 5) is 36.4. The molecule has 6 nitrogen and oxygen atoms in total. The molecule has 0 saturated carbocycles. The van der Waals surface area contributed by atoms with Crippen LogP contribution in [0.2, 0.25) is 0 Å². The van der Waals surface area contributed by atoms with Gasteiger partial charge >= 0.3 is 0 Å². The van der Waals surface area contributed by atoms with Gasteiger partial charge in [0.25, 0.3) is 5.91 Å². The van der Waals surface area contributed by atoms with E-state index in [1.54, 1.807) is 29.0 Å². The molecule has 0 saturated heterocycles. The number of aliphatic imine (C=N–C) groups is 1. The van der Waals surface area contributed by atoms with E-state index < -0.39 is 5.92 Å². The van der Waals surface area contributed by atoms with E-state index in [2.05, 4.69) is 0 Å². The Labute approximate surface area is 201 Å². The Bertz CT molecular complexity index is 1200. The highest BCUT2D eigenvalue weighted by molar-refractivity contribution is 6.24. The van der Waals surface area contributed by atoms with E-state index in [1.165, 1.54) is 0 Å². The molecule has 6 heteroatoms. The molecule has 0 spiro atoms. The quantitative estimate of drug-likeness (QED) is 0.503. The lowest BCUT2D eigenvalue weighted by Gasteiger charge is -2.19. The smallest absolute Gasteiger partial charge is 0.253 e. The van der Waals surface area contributed by atoms with Crippen LogP contribution in [0.4, 0.5) is 11.4 Å². The third kappa shape index (κ3) is 4.77. The van der Waals surface area contributed by atoms with E-state index in [4.69, 9.17) is 4.99 Å². The van der Waals surface area contributed by atoms with E-state index in [0.29, 0.717) is 23.5 Å². The molecule has 3 aromatic carbocycles. The minimum absolute atomic E-state index is 0.00174. The third-order valence-electron chi connectivity index (χ3n) is 6.12. The summed E-state index contributed by atoms with van der Waals surface area (Å²) in [5.74, 6) is -0.512. The van der Waals surface area contributed by atoms with Gasteiger partial charge in [-0.25, -0.2) is 0 Å². The molecule has 0 N–H and O–H groups in total. The summed E-state index contributed by atoms with van der Waals surface area (Å²) >= 11 is 0. The zero-order valence-corrected chi connectivity index (χ0v) is 20.1. The molecule has 3 aromatic rings. The van der Waals surface area contributed by atoms with E-state index in [1.807, 2.05) is 92.8 Å². The Morgan fingerprint density at radius 2 is 1.50 bits per heavy atom. The number of benzene rings is 3. The number of rotatable bonds is 7. The van der Waals surface area contributed by atoms with Crippen LogP contribution in [0.15, 0.2) is 83.9 Å². The molecular weight excluding hydrogens is 424 g/mol. The van der Waals surface area contributed by atoms with Gasteiger partial charge in [-0.3, -0.25) is 14.6 Å². The number of anilines is 1. The van der Waals surface area contributed by atoms with Crippen molar-refractivity contribution in [1.82, 2.24) is 9.80 Å². The fourth-order valence-electron chi connectivity index (χ4n) is 4.14. The van der Waals surface area contributed by atoms with Gasteiger partial charge in [-0.15, -0.1) is 0 Å². The molecule has 2 amide bonds. The summed E-state index contributed by atoms with van der Waals surface area (Å²) < 4.78 is 0. The monoisotopic (exact) mass is 454 g/mol. The van der Waals surface area contributed by atoms with Crippen LogP contribution in [0.5, 0.6) is 0 Å². The summed E-state index contributed by atoms with van der Waals surface area (Å²) in [6, 6.07) is 24.9. The van der Waals surface area contributed by atoms with Gasteiger partial charge in [0.15, 0.2) is 0 Å². The van der Waals surface area contributed by atoms with Crippen LogP contribution in [-0.2, 0) is 4.79 Å². The second kappa shape index (κ2) is 10.0. The maximum atomic E-state index is 13.3. The maximum Gasteiger partial charge on any atom is 0.253 e. The normalized spacial score (nSPS) is 15.6. The lowest BCUT2D eigenvalue weighted by Crippen LogP contribution is -2.33. The Kier molecular flexibility index (Phi) is 6.89. The molecule has 0 radical (unpaired) electrons. The predicted molar refractivity (Wildman–Crippen MR) is 137 cm³/mol. The summed E-state index contributed by atoms with van der Waals surface area (Å²) in [7, 11) is 7.59. The van der Waals surface area contributed by atoms with E-state index >= 15 is 0 Å². The van der Waals surface area contributed by atoms with Crippen molar-refractivity contribution in [2.24, 2.45) is 4.99 Å². The predicted octanol–water partition coefficient (Wildman–Crippen LogP) is 4.20. The SMILES string of the molecule is CN(C)CCN(C)C(=O)c1ccc(N=C(c2ccccc2)C2C(=O)N(C)c3ccccc32)cc1. The van der Waals surface area contributed by atoms with Crippen LogP contribution in [-0.4, -0.2) is 68.6 Å². The molecular formula is C28H30N4O2. The molecule has 1 atom stereocenters. The van der Waals surface area contributed by atoms with E-state index in [-0.39, 0.29) is 11.8 Å². The summed E-state index contributed by atoms with van der Waals surface area (Å²) in [6.07, 6.45) is 0. The van der Waals surface area contributed by atoms with Crippen molar-refractivity contribution in [2.45, 2.75) is 5.92 Å². The number of para-hydroxylation sites is 1. The average Bonchev–Trinajstić information content (AvgIpc) is 3.11. The molecule has 0 aliphatic carbocycles. The van der Waals surface area contributed by atoms with Crippen molar-refractivity contribution in [3.8, 4) is 0 Å². The largest absolute Gasteiger partial charge is 0.340 e. The van der Waals surface area contributed by atoms with E-state index in [9.17, 15) is 9.59 Å². The molecule has 0 fully saturated rings. The lowest BCUT2D eigenvalue weighted by atomic mass is 9.90. The number of carbonyl (C=O) groups is 2. The summed E-state index contributed by atoms with van der Waals surface area (Å²) in [5, 5.41) is 0. The number of hydrogen-bond acceptors (Lipinski definition) is 4. The Balaban J connectivity index is 1.68. The third-order valence-corrected chi connectivity index (χ3v) is 6.12. The number of amides is 2. The fourth-order valence-corrected chi connectivity index (χ4v) is 4.14. The van der Waals surface area contributed by atoms with Crippen LogP contribution in [0.3, 0.4) is 0 Å². The van der Waals surface area contributed by atoms with Gasteiger partial charge in [0.1, 0.15) is 5.92 Å². The van der Waals surface area contributed by atoms with Crippen LogP contribution in [0.1, 0.15) is 27.4 Å². The molecule has 0 aromatic heterocycles. The van der Waals surface area contributed by atoms with Gasteiger partial charge in [0, 0.05) is 38.4 Å². The standard InChI is InChI=1S/C28H30N4O2/c1-30(2)18-19-31(3)27(33)21-14-16-22(17-15-21)29-26(20-10-6-5-7-11-20)25-23-12-8-9-13-24(23)32(4)28(25)34/h5-17,25H,18-19H2,1-4H3. The summed E-state index contributed by atoms with van der Waals surface area (Å²) in [6.45, 7) is 1.46. The van der Waals surface area contributed by atoms with Crippen LogP contribution in [0.25, 0.3) is 0 Å². The number of nitrogens with zero attached hydrogens (tertiary/aromatic N) is 4. The van der Waals surface area contributed by atoms with Crippen molar-refractivity contribution in [2.75, 3.05) is 46.2 Å². The Morgan fingerprint density at radius 3 is 2.18 bits per heavy atom. The second-order valence-electron chi connectivity index (χ2n) is 8.83. The molecule has 4 rings (SSSR count). The second-order valence-corrected chi connectivity index (χ2v) is 8.83. The number of carbonyl (C=O) groups excluding carboxylic acids is 2. The Hall–Kier alpha value is -3.77. The molecule has 1 aliphatic heterocycles. The fraction of sp³-hybridized carbons (Fsp3) is 0.250. The lowest BCUT2D eigenvalue weighted by molar-refractivity contribution is -0.117. The highest BCUT2D eigenvalue weighted by Crippen LogP contribution is 2.39.